The van der Waals surface area contributed by atoms with Crippen molar-refractivity contribution in [2.75, 3.05) is 5.32 Å². The van der Waals surface area contributed by atoms with Crippen molar-refractivity contribution in [3.05, 3.63) is 80.5 Å². The first kappa shape index (κ1) is 17.0. The average Bonchev–Trinajstić information content (AvgIpc) is 3.28. The fourth-order valence-corrected chi connectivity index (χ4v) is 3.62. The zero-order chi connectivity index (χ0) is 19.0. The number of anilines is 1. The van der Waals surface area contributed by atoms with E-state index in [2.05, 4.69) is 15.3 Å². The minimum atomic E-state index is -0.704. The minimum Gasteiger partial charge on any atom is -0.467 e. The van der Waals surface area contributed by atoms with Crippen molar-refractivity contribution >= 4 is 32.6 Å². The number of carbonyl (C=O) groups is 1. The fourth-order valence-electron chi connectivity index (χ4n) is 2.68. The Hall–Kier alpha value is -3.46. The normalized spacial score (nSPS) is 11.0. The SMILES string of the molecule is Cc1cccc2sc(NC(=O)c3c[nH]c(=O)n(Cc4ccco4)c3=O)nc12. The summed E-state index contributed by atoms with van der Waals surface area (Å²) in [4.78, 5) is 43.9. The Morgan fingerprint density at radius 3 is 2.89 bits per heavy atom. The van der Waals surface area contributed by atoms with Crippen LogP contribution in [0.3, 0.4) is 0 Å². The number of H-pyrrole nitrogens is 1. The zero-order valence-corrected chi connectivity index (χ0v) is 15.0. The topological polar surface area (TPSA) is 110 Å². The second-order valence-electron chi connectivity index (χ2n) is 5.87. The molecule has 1 amide bonds. The van der Waals surface area contributed by atoms with Gasteiger partial charge in [0.05, 0.1) is 23.0 Å². The van der Waals surface area contributed by atoms with E-state index < -0.39 is 17.2 Å². The van der Waals surface area contributed by atoms with Crippen LogP contribution in [0.4, 0.5) is 5.13 Å². The number of aromatic nitrogens is 3. The number of para-hydroxylation sites is 1. The van der Waals surface area contributed by atoms with E-state index in [1.54, 1.807) is 12.1 Å². The lowest BCUT2D eigenvalue weighted by Crippen LogP contribution is -2.39. The van der Waals surface area contributed by atoms with Gasteiger partial charge in [0.1, 0.15) is 11.3 Å². The molecule has 0 fully saturated rings. The van der Waals surface area contributed by atoms with Gasteiger partial charge in [-0.3, -0.25) is 19.5 Å². The number of hydrogen-bond acceptors (Lipinski definition) is 6. The van der Waals surface area contributed by atoms with Crippen LogP contribution in [0, 0.1) is 6.92 Å². The molecule has 27 heavy (non-hydrogen) atoms. The summed E-state index contributed by atoms with van der Waals surface area (Å²) in [5, 5.41) is 3.01. The molecule has 0 saturated heterocycles. The maximum absolute atomic E-state index is 12.6. The third kappa shape index (κ3) is 3.20. The van der Waals surface area contributed by atoms with Crippen LogP contribution in [-0.4, -0.2) is 20.4 Å². The third-order valence-electron chi connectivity index (χ3n) is 4.04. The first-order chi connectivity index (χ1) is 13.0. The first-order valence-electron chi connectivity index (χ1n) is 8.05. The molecule has 136 valence electrons. The van der Waals surface area contributed by atoms with Crippen LogP contribution in [-0.2, 0) is 6.54 Å². The number of furan rings is 1. The number of fused-ring (bicyclic) bond motifs is 1. The van der Waals surface area contributed by atoms with Gasteiger partial charge >= 0.3 is 5.69 Å². The molecule has 4 aromatic rings. The van der Waals surface area contributed by atoms with Crippen molar-refractivity contribution in [3.63, 3.8) is 0 Å². The van der Waals surface area contributed by atoms with Crippen molar-refractivity contribution in [3.8, 4) is 0 Å². The molecule has 0 bridgehead atoms. The molecule has 0 aliphatic carbocycles. The Bertz CT molecular complexity index is 1250. The highest BCUT2D eigenvalue weighted by Gasteiger charge is 2.17. The molecule has 2 N–H and O–H groups in total. The first-order valence-corrected chi connectivity index (χ1v) is 8.87. The van der Waals surface area contributed by atoms with Crippen molar-refractivity contribution in [2.45, 2.75) is 13.5 Å². The number of hydrogen-bond donors (Lipinski definition) is 2. The molecule has 8 nitrogen and oxygen atoms in total. The van der Waals surface area contributed by atoms with E-state index >= 15 is 0 Å². The van der Waals surface area contributed by atoms with Gasteiger partial charge < -0.3 is 9.40 Å². The Labute approximate surface area is 156 Å². The summed E-state index contributed by atoms with van der Waals surface area (Å²) in [7, 11) is 0. The maximum Gasteiger partial charge on any atom is 0.328 e. The molecule has 0 atom stereocenters. The number of nitrogens with zero attached hydrogens (tertiary/aromatic N) is 2. The molecule has 9 heteroatoms. The standard InChI is InChI=1S/C18H14N4O4S/c1-10-4-2-6-13-14(10)20-17(27-13)21-15(23)12-8-19-18(25)22(16(12)24)9-11-5-3-7-26-11/h2-8H,9H2,1H3,(H,19,25)(H,20,21,23). The summed E-state index contributed by atoms with van der Waals surface area (Å²) in [6.07, 6.45) is 2.55. The van der Waals surface area contributed by atoms with Gasteiger partial charge in [0.25, 0.3) is 11.5 Å². The number of rotatable bonds is 4. The highest BCUT2D eigenvalue weighted by molar-refractivity contribution is 7.22. The molecular weight excluding hydrogens is 368 g/mol. The lowest BCUT2D eigenvalue weighted by molar-refractivity contribution is 0.102. The summed E-state index contributed by atoms with van der Waals surface area (Å²) in [5.41, 5.74) is 0.286. The van der Waals surface area contributed by atoms with E-state index in [-0.39, 0.29) is 12.1 Å². The molecule has 0 saturated carbocycles. The van der Waals surface area contributed by atoms with Crippen molar-refractivity contribution in [2.24, 2.45) is 0 Å². The van der Waals surface area contributed by atoms with E-state index in [4.69, 9.17) is 4.42 Å². The average molecular weight is 382 g/mol. The number of aromatic amines is 1. The quantitative estimate of drug-likeness (QED) is 0.563. The number of benzene rings is 1. The highest BCUT2D eigenvalue weighted by atomic mass is 32.1. The Balaban J connectivity index is 1.66. The number of carbonyl (C=O) groups excluding carboxylic acids is 1. The van der Waals surface area contributed by atoms with Gasteiger partial charge in [0, 0.05) is 6.20 Å². The highest BCUT2D eigenvalue weighted by Crippen LogP contribution is 2.27. The maximum atomic E-state index is 12.6. The van der Waals surface area contributed by atoms with Gasteiger partial charge in [-0.05, 0) is 30.7 Å². The van der Waals surface area contributed by atoms with Crippen LogP contribution in [0.1, 0.15) is 21.7 Å². The molecule has 4 rings (SSSR count). The minimum absolute atomic E-state index is 0.0668. The van der Waals surface area contributed by atoms with Crippen molar-refractivity contribution < 1.29 is 9.21 Å². The van der Waals surface area contributed by atoms with Crippen molar-refractivity contribution in [1.29, 1.82) is 0 Å². The Morgan fingerprint density at radius 2 is 2.15 bits per heavy atom. The summed E-state index contributed by atoms with van der Waals surface area (Å²) >= 11 is 1.31. The largest absolute Gasteiger partial charge is 0.467 e. The predicted octanol–water partition coefficient (Wildman–Crippen LogP) is 2.35. The molecule has 0 radical (unpaired) electrons. The van der Waals surface area contributed by atoms with E-state index in [1.165, 1.54) is 17.6 Å². The number of nitrogens with one attached hydrogen (secondary N) is 2. The van der Waals surface area contributed by atoms with Crippen LogP contribution < -0.4 is 16.6 Å². The number of aryl methyl sites for hydroxylation is 1. The van der Waals surface area contributed by atoms with Gasteiger partial charge in [-0.1, -0.05) is 23.5 Å². The summed E-state index contributed by atoms with van der Waals surface area (Å²) in [6, 6.07) is 9.05. The van der Waals surface area contributed by atoms with Gasteiger partial charge in [0.15, 0.2) is 5.13 Å². The van der Waals surface area contributed by atoms with E-state index in [1.807, 2.05) is 25.1 Å². The van der Waals surface area contributed by atoms with Crippen LogP contribution in [0.5, 0.6) is 0 Å². The van der Waals surface area contributed by atoms with Gasteiger partial charge in [0.2, 0.25) is 0 Å². The van der Waals surface area contributed by atoms with E-state index in [9.17, 15) is 14.4 Å². The molecule has 0 unspecified atom stereocenters. The molecular formula is C18H14N4O4S. The predicted molar refractivity (Wildman–Crippen MR) is 101 cm³/mol. The molecule has 0 aliphatic rings. The molecule has 3 aromatic heterocycles. The molecule has 0 spiro atoms. The number of amides is 1. The van der Waals surface area contributed by atoms with Crippen LogP contribution in [0.15, 0.2) is 56.8 Å². The summed E-state index contributed by atoms with van der Waals surface area (Å²) < 4.78 is 7.01. The van der Waals surface area contributed by atoms with Crippen molar-refractivity contribution in [1.82, 2.24) is 14.5 Å². The lowest BCUT2D eigenvalue weighted by atomic mass is 10.2. The smallest absolute Gasteiger partial charge is 0.328 e. The summed E-state index contributed by atoms with van der Waals surface area (Å²) in [5.74, 6) is -0.206. The number of thiazole rings is 1. The second kappa shape index (κ2) is 6.69. The molecule has 3 heterocycles. The third-order valence-corrected chi connectivity index (χ3v) is 4.98. The Morgan fingerprint density at radius 1 is 1.30 bits per heavy atom. The monoisotopic (exact) mass is 382 g/mol. The van der Waals surface area contributed by atoms with Gasteiger partial charge in [-0.15, -0.1) is 0 Å². The van der Waals surface area contributed by atoms with E-state index in [0.29, 0.717) is 10.9 Å². The van der Waals surface area contributed by atoms with Crippen LogP contribution in [0.2, 0.25) is 0 Å². The molecule has 1 aromatic carbocycles. The lowest BCUT2D eigenvalue weighted by Gasteiger charge is -2.05. The van der Waals surface area contributed by atoms with Gasteiger partial charge in [-0.2, -0.15) is 0 Å². The fraction of sp³-hybridized carbons (Fsp3) is 0.111. The Kier molecular flexibility index (Phi) is 4.21. The zero-order valence-electron chi connectivity index (χ0n) is 14.2. The van der Waals surface area contributed by atoms with Crippen LogP contribution in [0.25, 0.3) is 10.2 Å². The second-order valence-corrected chi connectivity index (χ2v) is 6.90. The van der Waals surface area contributed by atoms with Crippen LogP contribution >= 0.6 is 11.3 Å². The molecule has 0 aliphatic heterocycles. The van der Waals surface area contributed by atoms with E-state index in [0.717, 1.165) is 26.5 Å². The van der Waals surface area contributed by atoms with Gasteiger partial charge in [-0.25, -0.2) is 9.78 Å². The summed E-state index contributed by atoms with van der Waals surface area (Å²) in [6.45, 7) is 1.87.